The van der Waals surface area contributed by atoms with Crippen molar-refractivity contribution in [1.82, 2.24) is 4.90 Å². The summed E-state index contributed by atoms with van der Waals surface area (Å²) in [5, 5.41) is 10.9. The smallest absolute Gasteiger partial charge is 0.416 e. The Morgan fingerprint density at radius 3 is 2.52 bits per heavy atom. The number of benzene rings is 2. The summed E-state index contributed by atoms with van der Waals surface area (Å²) in [4.78, 5) is 36.2. The predicted octanol–water partition coefficient (Wildman–Crippen LogP) is 5.85. The Labute approximate surface area is 197 Å². The van der Waals surface area contributed by atoms with Crippen molar-refractivity contribution in [1.29, 1.82) is 0 Å². The molecule has 3 rings (SSSR count). The van der Waals surface area contributed by atoms with Crippen LogP contribution in [0.3, 0.4) is 0 Å². The monoisotopic (exact) mass is 546 g/mol. The Hall–Kier alpha value is -2.90. The number of alkyl halides is 3. The van der Waals surface area contributed by atoms with E-state index in [1.165, 1.54) is 25.3 Å². The van der Waals surface area contributed by atoms with Crippen LogP contribution in [0.4, 0.5) is 23.7 Å². The van der Waals surface area contributed by atoms with Gasteiger partial charge >= 0.3 is 11.9 Å². The highest BCUT2D eigenvalue weighted by atomic mass is 79.9. The van der Waals surface area contributed by atoms with Gasteiger partial charge in [-0.3, -0.25) is 24.6 Å². The van der Waals surface area contributed by atoms with Crippen molar-refractivity contribution < 1.29 is 37.2 Å². The van der Waals surface area contributed by atoms with Crippen molar-refractivity contribution >= 4 is 50.6 Å². The molecular weight excluding hydrogens is 533 g/mol. The summed E-state index contributed by atoms with van der Waals surface area (Å²) in [5.41, 5.74) is -1.79. The molecule has 0 N–H and O–H groups in total. The molecule has 0 aromatic heterocycles. The lowest BCUT2D eigenvalue weighted by Crippen LogP contribution is -2.31. The third kappa shape index (κ3) is 5.72. The topological polar surface area (TPSA) is 99.0 Å². The fourth-order valence-electron chi connectivity index (χ4n) is 2.78. The quantitative estimate of drug-likeness (QED) is 0.244. The molecule has 0 saturated carbocycles. The number of amides is 2. The van der Waals surface area contributed by atoms with Crippen LogP contribution in [0.5, 0.6) is 11.5 Å². The van der Waals surface area contributed by atoms with Gasteiger partial charge < -0.3 is 9.47 Å². The van der Waals surface area contributed by atoms with Gasteiger partial charge in [0, 0.05) is 23.2 Å². The average Bonchev–Trinajstić information content (AvgIpc) is 3.00. The van der Waals surface area contributed by atoms with E-state index < -0.39 is 39.2 Å². The number of carbonyl (C=O) groups is 2. The highest BCUT2D eigenvalue weighted by molar-refractivity contribution is 9.10. The van der Waals surface area contributed by atoms with Crippen molar-refractivity contribution in [2.75, 3.05) is 20.3 Å². The van der Waals surface area contributed by atoms with Crippen LogP contribution in [-0.4, -0.2) is 41.2 Å². The molecule has 33 heavy (non-hydrogen) atoms. The molecular formula is C20H14BrF3N2O6S. The minimum Gasteiger partial charge on any atom is -0.449 e. The van der Waals surface area contributed by atoms with Gasteiger partial charge in [0.15, 0.2) is 0 Å². The first-order chi connectivity index (χ1) is 15.5. The van der Waals surface area contributed by atoms with E-state index in [1.54, 1.807) is 6.07 Å². The molecule has 2 aromatic rings. The highest BCUT2D eigenvalue weighted by Crippen LogP contribution is 2.40. The van der Waals surface area contributed by atoms with Crippen molar-refractivity contribution in [2.24, 2.45) is 0 Å². The summed E-state index contributed by atoms with van der Waals surface area (Å²) in [6.45, 7) is 0.228. The van der Waals surface area contributed by atoms with Gasteiger partial charge in [0.25, 0.3) is 11.1 Å². The second-order valence-corrected chi connectivity index (χ2v) is 8.46. The SMILES string of the molecule is COCCN1C(=O)S/C(=C/c2cc(Br)ccc2Oc2ccc(C(F)(F)F)cc2[N+](=O)[O-])C1=O. The molecule has 1 heterocycles. The zero-order valence-corrected chi connectivity index (χ0v) is 19.1. The Kier molecular flexibility index (Phi) is 7.44. The van der Waals surface area contributed by atoms with Gasteiger partial charge in [-0.1, -0.05) is 15.9 Å². The molecule has 0 spiro atoms. The van der Waals surface area contributed by atoms with E-state index in [0.717, 1.165) is 11.0 Å². The van der Waals surface area contributed by atoms with E-state index >= 15 is 0 Å². The number of nitro benzene ring substituents is 1. The van der Waals surface area contributed by atoms with E-state index in [9.17, 15) is 32.9 Å². The van der Waals surface area contributed by atoms with Gasteiger partial charge in [0.05, 0.1) is 28.5 Å². The lowest BCUT2D eigenvalue weighted by Gasteiger charge is -2.12. The number of rotatable bonds is 7. The van der Waals surface area contributed by atoms with Crippen molar-refractivity contribution in [3.05, 3.63) is 67.0 Å². The van der Waals surface area contributed by atoms with Crippen LogP contribution in [-0.2, 0) is 15.7 Å². The van der Waals surface area contributed by atoms with Crippen molar-refractivity contribution in [3.8, 4) is 11.5 Å². The first-order valence-corrected chi connectivity index (χ1v) is 10.7. The standard InChI is InChI=1S/C20H14BrF3N2O6S/c1-31-7-6-25-18(27)17(33-19(25)28)9-11-8-13(21)3-5-15(11)32-16-4-2-12(20(22,23)24)10-14(16)26(29)30/h2-5,8-10H,6-7H2,1H3/b17-9+. The van der Waals surface area contributed by atoms with Crippen LogP contribution in [0.1, 0.15) is 11.1 Å². The molecule has 1 aliphatic heterocycles. The molecule has 2 amide bonds. The van der Waals surface area contributed by atoms with Gasteiger partial charge in [-0.25, -0.2) is 0 Å². The van der Waals surface area contributed by atoms with Crippen LogP contribution in [0, 0.1) is 10.1 Å². The summed E-state index contributed by atoms with van der Waals surface area (Å²) in [6, 6.07) is 6.41. The van der Waals surface area contributed by atoms with Crippen molar-refractivity contribution in [2.45, 2.75) is 6.18 Å². The van der Waals surface area contributed by atoms with Crippen LogP contribution >= 0.6 is 27.7 Å². The summed E-state index contributed by atoms with van der Waals surface area (Å²) < 4.78 is 49.9. The number of imide groups is 1. The van der Waals surface area contributed by atoms with E-state index in [-0.39, 0.29) is 29.4 Å². The molecule has 1 saturated heterocycles. The van der Waals surface area contributed by atoms with Crippen LogP contribution in [0.25, 0.3) is 6.08 Å². The van der Waals surface area contributed by atoms with Gasteiger partial charge in [-0.05, 0) is 48.2 Å². The second kappa shape index (κ2) is 9.93. The number of ether oxygens (including phenoxy) is 2. The van der Waals surface area contributed by atoms with E-state index in [4.69, 9.17) is 9.47 Å². The number of nitrogens with zero attached hydrogens (tertiary/aromatic N) is 2. The Bertz CT molecular complexity index is 1160. The zero-order chi connectivity index (χ0) is 24.3. The van der Waals surface area contributed by atoms with Crippen molar-refractivity contribution in [3.63, 3.8) is 0 Å². The summed E-state index contributed by atoms with van der Waals surface area (Å²) in [5.74, 6) is -0.934. The molecule has 2 aromatic carbocycles. The lowest BCUT2D eigenvalue weighted by molar-refractivity contribution is -0.385. The Morgan fingerprint density at radius 1 is 1.18 bits per heavy atom. The fraction of sp³-hybridized carbons (Fsp3) is 0.200. The lowest BCUT2D eigenvalue weighted by atomic mass is 10.1. The van der Waals surface area contributed by atoms with E-state index in [0.29, 0.717) is 28.4 Å². The maximum absolute atomic E-state index is 13.0. The Balaban J connectivity index is 1.98. The highest BCUT2D eigenvalue weighted by Gasteiger charge is 2.35. The number of hydrogen-bond donors (Lipinski definition) is 0. The fourth-order valence-corrected chi connectivity index (χ4v) is 4.02. The maximum Gasteiger partial charge on any atom is 0.416 e. The van der Waals surface area contributed by atoms with Gasteiger partial charge in [0.2, 0.25) is 5.75 Å². The minimum atomic E-state index is -4.77. The molecule has 0 bridgehead atoms. The number of halogens is 4. The largest absolute Gasteiger partial charge is 0.449 e. The summed E-state index contributed by atoms with van der Waals surface area (Å²) >= 11 is 3.97. The third-order valence-electron chi connectivity index (χ3n) is 4.35. The van der Waals surface area contributed by atoms with Crippen LogP contribution in [0.2, 0.25) is 0 Å². The first kappa shape index (κ1) is 24.7. The number of hydrogen-bond acceptors (Lipinski definition) is 7. The summed E-state index contributed by atoms with van der Waals surface area (Å²) in [6.07, 6.45) is -3.40. The normalized spacial score (nSPS) is 15.4. The molecule has 13 heteroatoms. The van der Waals surface area contributed by atoms with Crippen LogP contribution < -0.4 is 4.74 Å². The molecule has 0 unspecified atom stereocenters. The van der Waals surface area contributed by atoms with Gasteiger partial charge in [-0.2, -0.15) is 13.2 Å². The van der Waals surface area contributed by atoms with Gasteiger partial charge in [-0.15, -0.1) is 0 Å². The van der Waals surface area contributed by atoms with E-state index in [1.807, 2.05) is 0 Å². The molecule has 0 aliphatic carbocycles. The first-order valence-electron chi connectivity index (χ1n) is 9.08. The molecule has 174 valence electrons. The predicted molar refractivity (Wildman–Crippen MR) is 117 cm³/mol. The van der Waals surface area contributed by atoms with E-state index in [2.05, 4.69) is 15.9 Å². The molecule has 1 aliphatic rings. The maximum atomic E-state index is 13.0. The molecule has 1 fully saturated rings. The average molecular weight is 547 g/mol. The second-order valence-electron chi connectivity index (χ2n) is 6.55. The number of thioether (sulfide) groups is 1. The number of carbonyl (C=O) groups excluding carboxylic acids is 2. The summed E-state index contributed by atoms with van der Waals surface area (Å²) in [7, 11) is 1.43. The van der Waals surface area contributed by atoms with Gasteiger partial charge in [0.1, 0.15) is 5.75 Å². The number of methoxy groups -OCH3 is 1. The van der Waals surface area contributed by atoms with Crippen LogP contribution in [0.15, 0.2) is 45.8 Å². The Morgan fingerprint density at radius 2 is 1.88 bits per heavy atom. The molecule has 0 atom stereocenters. The zero-order valence-electron chi connectivity index (χ0n) is 16.7. The third-order valence-corrected chi connectivity index (χ3v) is 5.75. The number of nitro groups is 1. The molecule has 8 nitrogen and oxygen atoms in total. The molecule has 0 radical (unpaired) electrons. The minimum absolute atomic E-state index is 0.0322.